The summed E-state index contributed by atoms with van der Waals surface area (Å²) in [5, 5.41) is 0.348. The number of amides is 2. The summed E-state index contributed by atoms with van der Waals surface area (Å²) in [4.78, 5) is 49.7. The molecule has 20 heavy (non-hydrogen) atoms. The van der Waals surface area contributed by atoms with E-state index in [0.29, 0.717) is 5.06 Å². The molecule has 1 unspecified atom stereocenters. The lowest BCUT2D eigenvalue weighted by atomic mass is 9.97. The molecule has 2 amide bonds. The Morgan fingerprint density at radius 2 is 1.60 bits per heavy atom. The van der Waals surface area contributed by atoms with Crippen molar-refractivity contribution in [3.8, 4) is 0 Å². The normalized spacial score (nSPS) is 16.9. The minimum Gasteiger partial charge on any atom is -0.425 e. The standard InChI is InChI=1S/C12H17NO7/c1-7(18-10(16)12(2,3)4)19-11(17)20-13-8(14)5-6-9(13)15/h7H,5-6H2,1-4H3. The third-order valence-corrected chi connectivity index (χ3v) is 2.32. The van der Waals surface area contributed by atoms with Gasteiger partial charge in [-0.05, 0) is 20.8 Å². The zero-order chi connectivity index (χ0) is 15.5. The fourth-order valence-corrected chi connectivity index (χ4v) is 1.24. The van der Waals surface area contributed by atoms with E-state index < -0.39 is 35.6 Å². The third-order valence-electron chi connectivity index (χ3n) is 2.32. The molecule has 1 aliphatic rings. The van der Waals surface area contributed by atoms with Crippen LogP contribution in [-0.4, -0.2) is 35.3 Å². The minimum atomic E-state index is -1.29. The first-order valence-electron chi connectivity index (χ1n) is 6.06. The minimum absolute atomic E-state index is 0.0132. The molecule has 1 aliphatic heterocycles. The molecular formula is C12H17NO7. The van der Waals surface area contributed by atoms with Crippen molar-refractivity contribution in [1.29, 1.82) is 0 Å². The van der Waals surface area contributed by atoms with E-state index in [-0.39, 0.29) is 12.8 Å². The van der Waals surface area contributed by atoms with E-state index in [0.717, 1.165) is 0 Å². The summed E-state index contributed by atoms with van der Waals surface area (Å²) >= 11 is 0. The van der Waals surface area contributed by atoms with Crippen molar-refractivity contribution in [3.63, 3.8) is 0 Å². The van der Waals surface area contributed by atoms with Crippen molar-refractivity contribution < 1.29 is 33.5 Å². The van der Waals surface area contributed by atoms with Crippen LogP contribution in [-0.2, 0) is 28.7 Å². The molecule has 8 heteroatoms. The first-order chi connectivity index (χ1) is 9.11. The zero-order valence-electron chi connectivity index (χ0n) is 11.8. The fraction of sp³-hybridized carbons (Fsp3) is 0.667. The van der Waals surface area contributed by atoms with Crippen LogP contribution < -0.4 is 0 Å². The largest absolute Gasteiger partial charge is 0.537 e. The molecule has 0 aromatic carbocycles. The molecule has 1 saturated heterocycles. The molecule has 0 saturated carbocycles. The molecule has 1 atom stereocenters. The van der Waals surface area contributed by atoms with Crippen LogP contribution >= 0.6 is 0 Å². The molecule has 112 valence electrons. The highest BCUT2D eigenvalue weighted by Crippen LogP contribution is 2.17. The Morgan fingerprint density at radius 1 is 1.10 bits per heavy atom. The summed E-state index contributed by atoms with van der Waals surface area (Å²) in [5.41, 5.74) is -0.748. The molecule has 0 N–H and O–H groups in total. The van der Waals surface area contributed by atoms with Gasteiger partial charge in [-0.25, -0.2) is 4.79 Å². The van der Waals surface area contributed by atoms with Gasteiger partial charge in [-0.3, -0.25) is 19.2 Å². The van der Waals surface area contributed by atoms with Crippen LogP contribution in [0.3, 0.4) is 0 Å². The average Bonchev–Trinajstić information content (AvgIpc) is 2.59. The molecule has 0 bridgehead atoms. The van der Waals surface area contributed by atoms with E-state index in [2.05, 4.69) is 9.57 Å². The number of nitrogens with zero attached hydrogens (tertiary/aromatic N) is 1. The SMILES string of the molecule is CC(OC(=O)ON1C(=O)CCC1=O)OC(=O)C(C)(C)C. The number of ether oxygens (including phenoxy) is 2. The molecule has 0 aliphatic carbocycles. The third kappa shape index (κ3) is 4.22. The number of hydrogen-bond donors (Lipinski definition) is 0. The quantitative estimate of drug-likeness (QED) is 0.436. The number of hydroxylamine groups is 2. The van der Waals surface area contributed by atoms with E-state index in [4.69, 9.17) is 4.74 Å². The molecule has 0 aromatic heterocycles. The van der Waals surface area contributed by atoms with Crippen LogP contribution in [0.25, 0.3) is 0 Å². The van der Waals surface area contributed by atoms with Gasteiger partial charge in [0, 0.05) is 19.8 Å². The summed E-state index contributed by atoms with van der Waals surface area (Å²) in [6.45, 7) is 6.24. The lowest BCUT2D eigenvalue weighted by Gasteiger charge is -2.21. The van der Waals surface area contributed by atoms with Crippen LogP contribution in [0.1, 0.15) is 40.5 Å². The van der Waals surface area contributed by atoms with Crippen molar-refractivity contribution in [2.45, 2.75) is 46.8 Å². The van der Waals surface area contributed by atoms with Gasteiger partial charge in [0.05, 0.1) is 5.41 Å². The Morgan fingerprint density at radius 3 is 2.05 bits per heavy atom. The smallest absolute Gasteiger partial charge is 0.425 e. The topological polar surface area (TPSA) is 99.2 Å². The first kappa shape index (κ1) is 15.9. The van der Waals surface area contributed by atoms with E-state index in [1.54, 1.807) is 20.8 Å². The van der Waals surface area contributed by atoms with Crippen molar-refractivity contribution in [3.05, 3.63) is 0 Å². The lowest BCUT2D eigenvalue weighted by Crippen LogP contribution is -2.35. The highest BCUT2D eigenvalue weighted by atomic mass is 16.9. The van der Waals surface area contributed by atoms with Gasteiger partial charge in [-0.2, -0.15) is 0 Å². The fourth-order valence-electron chi connectivity index (χ4n) is 1.24. The van der Waals surface area contributed by atoms with Crippen LogP contribution in [0, 0.1) is 5.41 Å². The molecule has 0 spiro atoms. The van der Waals surface area contributed by atoms with Crippen molar-refractivity contribution >= 4 is 23.9 Å². The molecular weight excluding hydrogens is 270 g/mol. The number of rotatable bonds is 3. The van der Waals surface area contributed by atoms with Gasteiger partial charge < -0.3 is 9.47 Å². The van der Waals surface area contributed by atoms with Crippen molar-refractivity contribution in [1.82, 2.24) is 5.06 Å². The number of carbonyl (C=O) groups is 4. The first-order valence-corrected chi connectivity index (χ1v) is 6.06. The van der Waals surface area contributed by atoms with Gasteiger partial charge >= 0.3 is 12.1 Å². The average molecular weight is 287 g/mol. The Labute approximate surface area is 115 Å². The Balaban J connectivity index is 2.44. The second kappa shape index (κ2) is 5.89. The van der Waals surface area contributed by atoms with Gasteiger partial charge in [0.25, 0.3) is 11.8 Å². The molecule has 1 heterocycles. The van der Waals surface area contributed by atoms with Gasteiger partial charge in [0.1, 0.15) is 0 Å². The second-order valence-corrected chi connectivity index (χ2v) is 5.26. The summed E-state index contributed by atoms with van der Waals surface area (Å²) in [7, 11) is 0. The monoisotopic (exact) mass is 287 g/mol. The number of imide groups is 1. The number of hydrogen-bond acceptors (Lipinski definition) is 7. The summed E-state index contributed by atoms with van der Waals surface area (Å²) in [5.74, 6) is -1.80. The van der Waals surface area contributed by atoms with Gasteiger partial charge in [-0.15, -0.1) is 0 Å². The molecule has 8 nitrogen and oxygen atoms in total. The lowest BCUT2D eigenvalue weighted by molar-refractivity contribution is -0.194. The number of carbonyl (C=O) groups excluding carboxylic acids is 4. The van der Waals surface area contributed by atoms with E-state index in [9.17, 15) is 19.2 Å². The second-order valence-electron chi connectivity index (χ2n) is 5.26. The van der Waals surface area contributed by atoms with E-state index in [1.807, 2.05) is 0 Å². The molecule has 0 radical (unpaired) electrons. The van der Waals surface area contributed by atoms with Gasteiger partial charge in [0.15, 0.2) is 0 Å². The van der Waals surface area contributed by atoms with E-state index >= 15 is 0 Å². The van der Waals surface area contributed by atoms with Crippen LogP contribution in [0.2, 0.25) is 0 Å². The van der Waals surface area contributed by atoms with E-state index in [1.165, 1.54) is 6.92 Å². The maximum absolute atomic E-state index is 11.5. The zero-order valence-corrected chi connectivity index (χ0v) is 11.8. The number of esters is 1. The van der Waals surface area contributed by atoms with Crippen LogP contribution in [0.5, 0.6) is 0 Å². The van der Waals surface area contributed by atoms with Crippen molar-refractivity contribution in [2.24, 2.45) is 5.41 Å². The molecule has 1 rings (SSSR count). The Kier molecular flexibility index (Phi) is 4.69. The summed E-state index contributed by atoms with van der Waals surface area (Å²) in [6, 6.07) is 0. The van der Waals surface area contributed by atoms with Gasteiger partial charge in [0.2, 0.25) is 6.29 Å². The van der Waals surface area contributed by atoms with Gasteiger partial charge in [-0.1, -0.05) is 5.06 Å². The maximum Gasteiger partial charge on any atom is 0.537 e. The highest BCUT2D eigenvalue weighted by molar-refractivity contribution is 6.01. The highest BCUT2D eigenvalue weighted by Gasteiger charge is 2.34. The molecule has 1 fully saturated rings. The summed E-state index contributed by atoms with van der Waals surface area (Å²) < 4.78 is 9.48. The summed E-state index contributed by atoms with van der Waals surface area (Å²) in [6.07, 6.45) is -2.51. The maximum atomic E-state index is 11.5. The predicted octanol–water partition coefficient (Wildman–Crippen LogP) is 1.14. The Hall–Kier alpha value is -2.12. The Bertz CT molecular complexity index is 422. The molecule has 0 aromatic rings. The predicted molar refractivity (Wildman–Crippen MR) is 63.7 cm³/mol. The van der Waals surface area contributed by atoms with Crippen LogP contribution in [0.4, 0.5) is 4.79 Å². The van der Waals surface area contributed by atoms with Crippen LogP contribution in [0.15, 0.2) is 0 Å². The van der Waals surface area contributed by atoms with Crippen molar-refractivity contribution in [2.75, 3.05) is 0 Å².